The Morgan fingerprint density at radius 1 is 1.08 bits per heavy atom. The number of fused-ring (bicyclic) bond motifs is 1. The lowest BCUT2D eigenvalue weighted by Gasteiger charge is -2.40. The third-order valence-corrected chi connectivity index (χ3v) is 8.66. The van der Waals surface area contributed by atoms with Gasteiger partial charge < -0.3 is 9.84 Å². The Labute approximate surface area is 208 Å². The molecule has 36 heavy (non-hydrogen) atoms. The van der Waals surface area contributed by atoms with Gasteiger partial charge in [-0.15, -0.1) is 0 Å². The Morgan fingerprint density at radius 3 is 2.58 bits per heavy atom. The third-order valence-electron chi connectivity index (χ3n) is 6.89. The van der Waals surface area contributed by atoms with E-state index in [-0.39, 0.29) is 34.5 Å². The minimum absolute atomic E-state index is 0.0157. The second-order valence-corrected chi connectivity index (χ2v) is 11.4. The van der Waals surface area contributed by atoms with Crippen molar-refractivity contribution in [2.75, 3.05) is 10.8 Å². The van der Waals surface area contributed by atoms with Gasteiger partial charge in [-0.05, 0) is 85.7 Å². The fourth-order valence-electron chi connectivity index (χ4n) is 4.95. The summed E-state index contributed by atoms with van der Waals surface area (Å²) in [5.74, 6) is -1.98. The first-order chi connectivity index (χ1) is 17.1. The Balaban J connectivity index is 1.53. The smallest absolute Gasteiger partial charge is 0.306 e. The van der Waals surface area contributed by atoms with Crippen LogP contribution in [0.2, 0.25) is 0 Å². The molecule has 0 bridgehead atoms. The molecular weight excluding hydrogens is 488 g/mol. The van der Waals surface area contributed by atoms with E-state index in [0.717, 1.165) is 23.8 Å². The van der Waals surface area contributed by atoms with Crippen LogP contribution in [0.1, 0.15) is 24.8 Å². The van der Waals surface area contributed by atoms with Crippen LogP contribution in [0, 0.1) is 30.4 Å². The zero-order valence-electron chi connectivity index (χ0n) is 19.5. The molecule has 0 aromatic heterocycles. The largest absolute Gasteiger partial charge is 0.486 e. The van der Waals surface area contributed by atoms with Gasteiger partial charge in [0.05, 0.1) is 23.0 Å². The van der Waals surface area contributed by atoms with E-state index in [9.17, 15) is 27.1 Å². The van der Waals surface area contributed by atoms with E-state index in [0.29, 0.717) is 30.6 Å². The summed E-state index contributed by atoms with van der Waals surface area (Å²) in [6.07, 6.45) is 1.10. The lowest BCUT2D eigenvalue weighted by molar-refractivity contribution is -0.146. The minimum atomic E-state index is -4.01. The number of carboxylic acid groups (broad SMARTS) is 1. The molecule has 0 saturated heterocycles. The predicted molar refractivity (Wildman–Crippen MR) is 130 cm³/mol. The first-order valence-corrected chi connectivity index (χ1v) is 13.1. The van der Waals surface area contributed by atoms with Crippen molar-refractivity contribution >= 4 is 21.7 Å². The Hall–Kier alpha value is -3.46. The van der Waals surface area contributed by atoms with Gasteiger partial charge >= 0.3 is 5.97 Å². The minimum Gasteiger partial charge on any atom is -0.486 e. The van der Waals surface area contributed by atoms with Crippen LogP contribution in [0.25, 0.3) is 11.1 Å². The molecule has 1 fully saturated rings. The van der Waals surface area contributed by atoms with E-state index >= 15 is 0 Å². The van der Waals surface area contributed by atoms with Crippen molar-refractivity contribution in [2.24, 2.45) is 11.8 Å². The fraction of sp³-hybridized carbons (Fsp3) is 0.296. The molecule has 1 heterocycles. The van der Waals surface area contributed by atoms with Gasteiger partial charge in [0.15, 0.2) is 0 Å². The van der Waals surface area contributed by atoms with Crippen molar-refractivity contribution in [1.82, 2.24) is 0 Å². The molecular formula is C27H25F2NO5S. The maximum absolute atomic E-state index is 14.5. The number of anilines is 1. The molecule has 9 heteroatoms. The summed E-state index contributed by atoms with van der Waals surface area (Å²) < 4.78 is 63.3. The zero-order valence-corrected chi connectivity index (χ0v) is 20.3. The van der Waals surface area contributed by atoms with Crippen LogP contribution in [0.5, 0.6) is 5.75 Å². The number of benzene rings is 3. The SMILES string of the molecule is Cc1cccc(S(=O)(=O)N2C[C@H](CC3CC(C(=O)O)C3)Oc3ccc(-c4cc(F)ccc4F)cc32)c1. The summed E-state index contributed by atoms with van der Waals surface area (Å²) in [6, 6.07) is 14.3. The van der Waals surface area contributed by atoms with E-state index in [1.165, 1.54) is 16.4 Å². The van der Waals surface area contributed by atoms with Crippen molar-refractivity contribution in [3.63, 3.8) is 0 Å². The standard InChI is InChI=1S/C27H25F2NO5S/c1-16-3-2-4-22(9-16)36(33,34)30-15-21(12-17-10-19(11-17)27(31)32)35-26-8-5-18(13-25(26)30)23-14-20(28)6-7-24(23)29/h2-9,13-14,17,19,21H,10-12,15H2,1H3,(H,31,32)/t17?,19?,21-/m0/s1. The number of hydrogen-bond donors (Lipinski definition) is 1. The molecule has 2 aliphatic rings. The van der Waals surface area contributed by atoms with Gasteiger partial charge in [0.25, 0.3) is 10.0 Å². The number of rotatable bonds is 6. The monoisotopic (exact) mass is 513 g/mol. The van der Waals surface area contributed by atoms with Crippen molar-refractivity contribution in [1.29, 1.82) is 0 Å². The van der Waals surface area contributed by atoms with Crippen molar-refractivity contribution in [3.05, 3.63) is 77.9 Å². The maximum atomic E-state index is 14.5. The summed E-state index contributed by atoms with van der Waals surface area (Å²) in [5, 5.41) is 9.17. The maximum Gasteiger partial charge on any atom is 0.306 e. The summed E-state index contributed by atoms with van der Waals surface area (Å²) in [4.78, 5) is 11.3. The Bertz CT molecular complexity index is 1440. The Kier molecular flexibility index (Phi) is 6.20. The number of carbonyl (C=O) groups is 1. The third kappa shape index (κ3) is 4.55. The Morgan fingerprint density at radius 2 is 1.86 bits per heavy atom. The molecule has 3 aromatic carbocycles. The molecule has 0 radical (unpaired) electrons. The first-order valence-electron chi connectivity index (χ1n) is 11.7. The van der Waals surface area contributed by atoms with Gasteiger partial charge in [0.1, 0.15) is 23.5 Å². The zero-order chi connectivity index (χ0) is 25.6. The highest BCUT2D eigenvalue weighted by Gasteiger charge is 2.40. The fourth-order valence-corrected chi connectivity index (χ4v) is 6.56. The summed E-state index contributed by atoms with van der Waals surface area (Å²) in [5.41, 5.74) is 1.36. The summed E-state index contributed by atoms with van der Waals surface area (Å²) in [7, 11) is -4.01. The molecule has 1 aliphatic heterocycles. The van der Waals surface area contributed by atoms with Gasteiger partial charge in [0, 0.05) is 5.56 Å². The number of aryl methyl sites for hydroxylation is 1. The number of nitrogens with zero attached hydrogens (tertiary/aromatic N) is 1. The van der Waals surface area contributed by atoms with Crippen LogP contribution in [-0.2, 0) is 14.8 Å². The van der Waals surface area contributed by atoms with Crippen LogP contribution >= 0.6 is 0 Å². The average Bonchev–Trinajstić information content (AvgIpc) is 2.81. The molecule has 3 aromatic rings. The molecule has 1 N–H and O–H groups in total. The van der Waals surface area contributed by atoms with E-state index < -0.39 is 33.7 Å². The first kappa shape index (κ1) is 24.2. The van der Waals surface area contributed by atoms with E-state index in [4.69, 9.17) is 4.74 Å². The van der Waals surface area contributed by atoms with Crippen molar-refractivity contribution in [2.45, 2.75) is 37.2 Å². The number of ether oxygens (including phenoxy) is 1. The van der Waals surface area contributed by atoms with E-state index in [2.05, 4.69) is 0 Å². The molecule has 1 saturated carbocycles. The van der Waals surface area contributed by atoms with Gasteiger partial charge in [-0.2, -0.15) is 0 Å². The second kappa shape index (κ2) is 9.20. The second-order valence-electron chi connectivity index (χ2n) is 9.51. The van der Waals surface area contributed by atoms with Gasteiger partial charge in [0.2, 0.25) is 0 Å². The molecule has 1 aliphatic carbocycles. The van der Waals surface area contributed by atoms with Gasteiger partial charge in [-0.25, -0.2) is 17.2 Å². The number of carboxylic acids is 1. The van der Waals surface area contributed by atoms with Crippen molar-refractivity contribution in [3.8, 4) is 16.9 Å². The van der Waals surface area contributed by atoms with Crippen LogP contribution in [0.15, 0.2) is 65.6 Å². The average molecular weight is 514 g/mol. The summed E-state index contributed by atoms with van der Waals surface area (Å²) >= 11 is 0. The highest BCUT2D eigenvalue weighted by Crippen LogP contribution is 2.43. The molecule has 1 atom stereocenters. The van der Waals surface area contributed by atoms with Crippen LogP contribution in [0.4, 0.5) is 14.5 Å². The van der Waals surface area contributed by atoms with Crippen LogP contribution in [-0.4, -0.2) is 32.1 Å². The lowest BCUT2D eigenvalue weighted by atomic mass is 9.72. The molecule has 6 nitrogen and oxygen atoms in total. The molecule has 0 amide bonds. The predicted octanol–water partition coefficient (Wildman–Crippen LogP) is 5.40. The quantitative estimate of drug-likeness (QED) is 0.477. The lowest BCUT2D eigenvalue weighted by Crippen LogP contribution is -2.45. The normalized spacial score (nSPS) is 21.3. The molecule has 0 unspecified atom stereocenters. The van der Waals surface area contributed by atoms with Crippen LogP contribution in [0.3, 0.4) is 0 Å². The molecule has 0 spiro atoms. The highest BCUT2D eigenvalue weighted by atomic mass is 32.2. The molecule has 5 rings (SSSR count). The van der Waals surface area contributed by atoms with E-state index in [1.54, 1.807) is 37.3 Å². The van der Waals surface area contributed by atoms with Gasteiger partial charge in [-0.1, -0.05) is 18.2 Å². The number of sulfonamides is 1. The topological polar surface area (TPSA) is 83.9 Å². The number of aliphatic carboxylic acids is 1. The summed E-state index contributed by atoms with van der Waals surface area (Å²) in [6.45, 7) is 1.82. The molecule has 188 valence electrons. The number of hydrogen-bond acceptors (Lipinski definition) is 4. The van der Waals surface area contributed by atoms with Crippen LogP contribution < -0.4 is 9.04 Å². The van der Waals surface area contributed by atoms with Crippen molar-refractivity contribution < 1.29 is 31.8 Å². The van der Waals surface area contributed by atoms with Gasteiger partial charge in [-0.3, -0.25) is 9.10 Å². The highest BCUT2D eigenvalue weighted by molar-refractivity contribution is 7.92. The number of halogens is 2. The van der Waals surface area contributed by atoms with E-state index in [1.807, 2.05) is 0 Å².